The highest BCUT2D eigenvalue weighted by molar-refractivity contribution is 9.08. The molecule has 0 fully saturated rings. The van der Waals surface area contributed by atoms with Gasteiger partial charge in [-0.2, -0.15) is 14.0 Å². The predicted molar refractivity (Wildman–Crippen MR) is 57.4 cm³/mol. The molecule has 1 aromatic carbocycles. The molecule has 7 heteroatoms. The van der Waals surface area contributed by atoms with Crippen LogP contribution in [0.5, 0.6) is 5.75 Å². The van der Waals surface area contributed by atoms with Crippen LogP contribution in [0.25, 0.3) is 0 Å². The summed E-state index contributed by atoms with van der Waals surface area (Å²) in [4.78, 5) is 11.0. The van der Waals surface area contributed by atoms with Gasteiger partial charge in [0, 0.05) is 5.33 Å². The lowest BCUT2D eigenvalue weighted by molar-refractivity contribution is -0.0505. The van der Waals surface area contributed by atoms with Crippen LogP contribution in [0.4, 0.5) is 8.78 Å². The van der Waals surface area contributed by atoms with E-state index in [1.165, 1.54) is 12.1 Å². The number of carboxylic acids is 1. The van der Waals surface area contributed by atoms with E-state index in [4.69, 9.17) is 10.4 Å². The highest BCUT2D eigenvalue weighted by Crippen LogP contribution is 2.29. The summed E-state index contributed by atoms with van der Waals surface area (Å²) >= 11 is 3.03. The molecule has 17 heavy (non-hydrogen) atoms. The summed E-state index contributed by atoms with van der Waals surface area (Å²) in [6.45, 7) is -3.19. The number of rotatable bonds is 4. The van der Waals surface area contributed by atoms with Gasteiger partial charge in [-0.25, -0.2) is 4.79 Å². The maximum absolute atomic E-state index is 12.2. The molecular formula is C10H6BrF2NO3. The smallest absolute Gasteiger partial charge is 0.387 e. The summed E-state index contributed by atoms with van der Waals surface area (Å²) in [6.07, 6.45) is 0. The molecule has 0 heterocycles. The number of aromatic carboxylic acids is 1. The lowest BCUT2D eigenvalue weighted by atomic mass is 10.0. The first-order valence-electron chi connectivity index (χ1n) is 4.31. The number of benzene rings is 1. The van der Waals surface area contributed by atoms with Crippen LogP contribution in [0.2, 0.25) is 0 Å². The second kappa shape index (κ2) is 5.59. The summed E-state index contributed by atoms with van der Waals surface area (Å²) in [6, 6.07) is 4.22. The lowest BCUT2D eigenvalue weighted by Crippen LogP contribution is -2.11. The molecule has 0 spiro atoms. The van der Waals surface area contributed by atoms with Crippen molar-refractivity contribution >= 4 is 21.9 Å². The van der Waals surface area contributed by atoms with Gasteiger partial charge in [0.1, 0.15) is 11.6 Å². The molecule has 4 nitrogen and oxygen atoms in total. The zero-order chi connectivity index (χ0) is 13.0. The van der Waals surface area contributed by atoms with Crippen molar-refractivity contribution in [1.82, 2.24) is 0 Å². The van der Waals surface area contributed by atoms with Crippen molar-refractivity contribution in [2.45, 2.75) is 11.9 Å². The van der Waals surface area contributed by atoms with Crippen LogP contribution in [-0.4, -0.2) is 17.7 Å². The molecule has 0 aromatic heterocycles. The number of ether oxygens (including phenoxy) is 1. The molecular weight excluding hydrogens is 300 g/mol. The summed E-state index contributed by atoms with van der Waals surface area (Å²) in [5, 5.41) is 17.8. The lowest BCUT2D eigenvalue weighted by Gasteiger charge is -2.12. The molecule has 0 radical (unpaired) electrons. The third-order valence-corrected chi connectivity index (χ3v) is 2.53. The number of nitrogens with zero attached hydrogens (tertiary/aromatic N) is 1. The molecule has 1 aromatic rings. The van der Waals surface area contributed by atoms with E-state index in [2.05, 4.69) is 20.7 Å². The highest BCUT2D eigenvalue weighted by Gasteiger charge is 2.22. The maximum atomic E-state index is 12.2. The molecule has 0 saturated heterocycles. The number of carbonyl (C=O) groups is 1. The van der Waals surface area contributed by atoms with E-state index in [-0.39, 0.29) is 16.5 Å². The maximum Gasteiger partial charge on any atom is 0.387 e. The van der Waals surface area contributed by atoms with Crippen molar-refractivity contribution in [3.05, 3.63) is 28.8 Å². The quantitative estimate of drug-likeness (QED) is 0.868. The molecule has 0 aliphatic heterocycles. The van der Waals surface area contributed by atoms with E-state index in [0.29, 0.717) is 0 Å². The summed E-state index contributed by atoms with van der Waals surface area (Å²) in [5.74, 6) is -2.03. The fraction of sp³-hybridized carbons (Fsp3) is 0.200. The molecule has 0 aliphatic carbocycles. The molecule has 90 valence electrons. The van der Waals surface area contributed by atoms with Crippen LogP contribution >= 0.6 is 15.9 Å². The third kappa shape index (κ3) is 2.91. The predicted octanol–water partition coefficient (Wildman–Crippen LogP) is 2.75. The van der Waals surface area contributed by atoms with Gasteiger partial charge in [0.25, 0.3) is 0 Å². The Bertz CT molecular complexity index is 485. The molecule has 0 saturated carbocycles. The van der Waals surface area contributed by atoms with Crippen LogP contribution in [-0.2, 0) is 5.33 Å². The van der Waals surface area contributed by atoms with Gasteiger partial charge in [-0.15, -0.1) is 0 Å². The number of alkyl halides is 3. The summed E-state index contributed by atoms with van der Waals surface area (Å²) in [7, 11) is 0. The number of hydrogen-bond donors (Lipinski definition) is 1. The van der Waals surface area contributed by atoms with Gasteiger partial charge in [0.05, 0.1) is 5.56 Å². The van der Waals surface area contributed by atoms with Gasteiger partial charge >= 0.3 is 12.6 Å². The van der Waals surface area contributed by atoms with Crippen molar-refractivity contribution in [2.75, 3.05) is 0 Å². The van der Waals surface area contributed by atoms with E-state index in [9.17, 15) is 13.6 Å². The van der Waals surface area contributed by atoms with Crippen LogP contribution in [0, 0.1) is 11.3 Å². The minimum absolute atomic E-state index is 0.153. The second-order valence-corrected chi connectivity index (χ2v) is 3.47. The van der Waals surface area contributed by atoms with E-state index in [1.807, 2.05) is 0 Å². The van der Waals surface area contributed by atoms with Crippen molar-refractivity contribution in [1.29, 1.82) is 5.26 Å². The molecule has 0 aliphatic rings. The number of hydrogen-bond acceptors (Lipinski definition) is 3. The number of nitriles is 1. The Hall–Kier alpha value is -1.68. The van der Waals surface area contributed by atoms with E-state index in [1.54, 1.807) is 6.07 Å². The minimum atomic E-state index is -3.19. The van der Waals surface area contributed by atoms with Crippen LogP contribution in [0.15, 0.2) is 12.1 Å². The normalized spacial score (nSPS) is 10.1. The van der Waals surface area contributed by atoms with E-state index >= 15 is 0 Å². The zero-order valence-corrected chi connectivity index (χ0v) is 9.87. The Morgan fingerprint density at radius 2 is 2.24 bits per heavy atom. The SMILES string of the molecule is N#Cc1ccc(CBr)c(C(=O)O)c1OC(F)F. The Morgan fingerprint density at radius 1 is 1.59 bits per heavy atom. The largest absolute Gasteiger partial charge is 0.478 e. The third-order valence-electron chi connectivity index (χ3n) is 1.93. The number of carboxylic acid groups (broad SMARTS) is 1. The van der Waals surface area contributed by atoms with Crippen LogP contribution in [0.1, 0.15) is 21.5 Å². The molecule has 0 unspecified atom stereocenters. The standard InChI is InChI=1S/C10H6BrF2NO3/c11-3-5-1-2-6(4-14)8(17-10(12)13)7(5)9(15)16/h1-2,10H,3H2,(H,15,16). The fourth-order valence-electron chi connectivity index (χ4n) is 1.27. The first kappa shape index (κ1) is 13.4. The zero-order valence-electron chi connectivity index (χ0n) is 8.28. The Kier molecular flexibility index (Phi) is 4.40. The van der Waals surface area contributed by atoms with Crippen molar-refractivity contribution < 1.29 is 23.4 Å². The first-order chi connectivity index (χ1) is 8.01. The van der Waals surface area contributed by atoms with E-state index in [0.717, 1.165) is 0 Å². The topological polar surface area (TPSA) is 70.3 Å². The van der Waals surface area contributed by atoms with Gasteiger partial charge < -0.3 is 9.84 Å². The molecule has 1 rings (SSSR count). The van der Waals surface area contributed by atoms with Gasteiger partial charge in [-0.1, -0.05) is 22.0 Å². The number of halogens is 3. The van der Waals surface area contributed by atoms with Crippen molar-refractivity contribution in [3.63, 3.8) is 0 Å². The average molecular weight is 306 g/mol. The molecule has 0 atom stereocenters. The highest BCUT2D eigenvalue weighted by atomic mass is 79.9. The van der Waals surface area contributed by atoms with Crippen molar-refractivity contribution in [3.8, 4) is 11.8 Å². The van der Waals surface area contributed by atoms with Gasteiger partial charge in [0.15, 0.2) is 5.75 Å². The average Bonchev–Trinajstić information content (AvgIpc) is 2.27. The molecule has 0 bridgehead atoms. The van der Waals surface area contributed by atoms with Gasteiger partial charge in [0.2, 0.25) is 0 Å². The van der Waals surface area contributed by atoms with E-state index < -0.39 is 23.9 Å². The second-order valence-electron chi connectivity index (χ2n) is 2.91. The Labute approximate surface area is 104 Å². The fourth-order valence-corrected chi connectivity index (χ4v) is 1.74. The molecule has 1 N–H and O–H groups in total. The summed E-state index contributed by atoms with van der Waals surface area (Å²) in [5.41, 5.74) is -0.416. The first-order valence-corrected chi connectivity index (χ1v) is 5.43. The van der Waals surface area contributed by atoms with Crippen LogP contribution in [0.3, 0.4) is 0 Å². The van der Waals surface area contributed by atoms with Crippen molar-refractivity contribution in [2.24, 2.45) is 0 Å². The minimum Gasteiger partial charge on any atom is -0.478 e. The molecule has 0 amide bonds. The van der Waals surface area contributed by atoms with Crippen LogP contribution < -0.4 is 4.74 Å². The Morgan fingerprint density at radius 3 is 2.65 bits per heavy atom. The monoisotopic (exact) mass is 305 g/mol. The van der Waals surface area contributed by atoms with Gasteiger partial charge in [-0.3, -0.25) is 0 Å². The summed E-state index contributed by atoms with van der Waals surface area (Å²) < 4.78 is 28.5. The van der Waals surface area contributed by atoms with Gasteiger partial charge in [-0.05, 0) is 11.6 Å². The Balaban J connectivity index is 3.48.